The van der Waals surface area contributed by atoms with Gasteiger partial charge in [-0.1, -0.05) is 12.1 Å². The predicted molar refractivity (Wildman–Crippen MR) is 90.4 cm³/mol. The maximum absolute atomic E-state index is 11.5. The highest BCUT2D eigenvalue weighted by Crippen LogP contribution is 2.32. The van der Waals surface area contributed by atoms with Gasteiger partial charge in [-0.05, 0) is 42.3 Å². The van der Waals surface area contributed by atoms with Crippen molar-refractivity contribution in [2.45, 2.75) is 25.9 Å². The van der Waals surface area contributed by atoms with Gasteiger partial charge < -0.3 is 10.1 Å². The summed E-state index contributed by atoms with van der Waals surface area (Å²) in [7, 11) is 0. The molecule has 4 nitrogen and oxygen atoms in total. The number of hydrogen-bond donors (Lipinski definition) is 1. The van der Waals surface area contributed by atoms with Gasteiger partial charge in [0.1, 0.15) is 11.9 Å². The molecule has 0 aliphatic carbocycles. The van der Waals surface area contributed by atoms with Crippen molar-refractivity contribution in [3.05, 3.63) is 60.3 Å². The molecular weight excluding hydrogens is 288 g/mol. The number of aromatic nitrogens is 1. The van der Waals surface area contributed by atoms with Gasteiger partial charge in [-0.25, -0.2) is 0 Å². The highest BCUT2D eigenvalue weighted by Gasteiger charge is 2.23. The summed E-state index contributed by atoms with van der Waals surface area (Å²) in [4.78, 5) is 16.0. The van der Waals surface area contributed by atoms with E-state index in [2.05, 4.69) is 29.0 Å². The molecule has 1 N–H and O–H groups in total. The zero-order chi connectivity index (χ0) is 16.2. The van der Waals surface area contributed by atoms with Crippen LogP contribution in [0.3, 0.4) is 0 Å². The Kier molecular flexibility index (Phi) is 4.42. The first-order chi connectivity index (χ1) is 11.2. The molecule has 118 valence electrons. The summed E-state index contributed by atoms with van der Waals surface area (Å²) < 4.78 is 5.88. The molecule has 0 radical (unpaired) electrons. The van der Waals surface area contributed by atoms with E-state index in [1.54, 1.807) is 6.08 Å². The number of benzene rings is 1. The van der Waals surface area contributed by atoms with Crippen molar-refractivity contribution in [1.82, 2.24) is 10.3 Å². The molecule has 0 bridgehead atoms. The fourth-order valence-electron chi connectivity index (χ4n) is 2.66. The average Bonchev–Trinajstić information content (AvgIpc) is 2.96. The van der Waals surface area contributed by atoms with Gasteiger partial charge in [-0.15, -0.1) is 6.58 Å². The van der Waals surface area contributed by atoms with Gasteiger partial charge in [-0.2, -0.15) is 0 Å². The van der Waals surface area contributed by atoms with Crippen molar-refractivity contribution >= 4 is 5.91 Å². The Bertz CT molecular complexity index is 723. The standard InChI is InChI=1S/C19H20N2O2/c1-3-4-19(22)21-12-16-10-15-9-14(6-8-18(15)23-16)17-7-5-13(2)11-20-17/h3,5-9,11,16H,1,4,10,12H2,2H3,(H,21,22)/t16-/m1/s1. The fraction of sp³-hybridized carbons (Fsp3) is 0.263. The molecule has 3 rings (SSSR count). The third kappa shape index (κ3) is 3.59. The Balaban J connectivity index is 1.67. The first kappa shape index (κ1) is 15.3. The largest absolute Gasteiger partial charge is 0.488 e. The second kappa shape index (κ2) is 6.65. The normalized spacial score (nSPS) is 15.6. The summed E-state index contributed by atoms with van der Waals surface area (Å²) in [5.41, 5.74) is 4.35. The van der Waals surface area contributed by atoms with Crippen LogP contribution in [0.25, 0.3) is 11.3 Å². The molecule has 1 amide bonds. The van der Waals surface area contributed by atoms with E-state index in [1.165, 1.54) is 0 Å². The molecule has 0 unspecified atom stereocenters. The number of pyridine rings is 1. The first-order valence-electron chi connectivity index (χ1n) is 7.76. The van der Waals surface area contributed by atoms with Gasteiger partial charge in [0.15, 0.2) is 0 Å². The minimum Gasteiger partial charge on any atom is -0.488 e. The first-order valence-corrected chi connectivity index (χ1v) is 7.76. The highest BCUT2D eigenvalue weighted by atomic mass is 16.5. The number of rotatable bonds is 5. The monoisotopic (exact) mass is 308 g/mol. The number of fused-ring (bicyclic) bond motifs is 1. The van der Waals surface area contributed by atoms with Crippen LogP contribution in [-0.4, -0.2) is 23.5 Å². The van der Waals surface area contributed by atoms with Gasteiger partial charge in [0, 0.05) is 24.6 Å². The third-order valence-electron chi connectivity index (χ3n) is 3.87. The van der Waals surface area contributed by atoms with E-state index in [4.69, 9.17) is 4.74 Å². The van der Waals surface area contributed by atoms with Gasteiger partial charge >= 0.3 is 0 Å². The minimum atomic E-state index is -0.0240. The summed E-state index contributed by atoms with van der Waals surface area (Å²) in [6.07, 6.45) is 4.59. The molecular formula is C19H20N2O2. The Labute approximate surface area is 136 Å². The summed E-state index contributed by atoms with van der Waals surface area (Å²) in [6.45, 7) is 6.10. The fourth-order valence-corrected chi connectivity index (χ4v) is 2.66. The quantitative estimate of drug-likeness (QED) is 0.864. The molecule has 2 aromatic rings. The lowest BCUT2D eigenvalue weighted by atomic mass is 10.0. The summed E-state index contributed by atoms with van der Waals surface area (Å²) in [5, 5.41) is 2.87. The SMILES string of the molecule is C=CCC(=O)NC[C@H]1Cc2cc(-c3ccc(C)cn3)ccc2O1. The zero-order valence-electron chi connectivity index (χ0n) is 13.2. The number of nitrogens with zero attached hydrogens (tertiary/aromatic N) is 1. The summed E-state index contributed by atoms with van der Waals surface area (Å²) >= 11 is 0. The van der Waals surface area contributed by atoms with E-state index in [1.807, 2.05) is 31.3 Å². The molecule has 0 spiro atoms. The number of carbonyl (C=O) groups excluding carboxylic acids is 1. The predicted octanol–water partition coefficient (Wildman–Crippen LogP) is 3.05. The molecule has 2 heterocycles. The number of amides is 1. The molecule has 1 atom stereocenters. The van der Waals surface area contributed by atoms with Crippen molar-refractivity contribution in [2.75, 3.05) is 6.54 Å². The number of ether oxygens (including phenoxy) is 1. The van der Waals surface area contributed by atoms with Crippen LogP contribution >= 0.6 is 0 Å². The molecule has 23 heavy (non-hydrogen) atoms. The van der Waals surface area contributed by atoms with Crippen LogP contribution in [0.15, 0.2) is 49.2 Å². The van der Waals surface area contributed by atoms with Gasteiger partial charge in [0.2, 0.25) is 5.91 Å². The van der Waals surface area contributed by atoms with Crippen molar-refractivity contribution in [3.8, 4) is 17.0 Å². The molecule has 0 saturated carbocycles. The van der Waals surface area contributed by atoms with Crippen LogP contribution in [0.5, 0.6) is 5.75 Å². The lowest BCUT2D eigenvalue weighted by Crippen LogP contribution is -2.34. The Morgan fingerprint density at radius 3 is 3.04 bits per heavy atom. The number of hydrogen-bond acceptors (Lipinski definition) is 3. The van der Waals surface area contributed by atoms with Crippen LogP contribution in [0, 0.1) is 6.92 Å². The smallest absolute Gasteiger partial charge is 0.223 e. The molecule has 1 aromatic heterocycles. The Morgan fingerprint density at radius 1 is 1.43 bits per heavy atom. The van der Waals surface area contributed by atoms with Crippen LogP contribution in [0.4, 0.5) is 0 Å². The summed E-state index contributed by atoms with van der Waals surface area (Å²) in [6, 6.07) is 10.2. The molecule has 1 aromatic carbocycles. The van der Waals surface area contributed by atoms with E-state index in [0.717, 1.165) is 34.6 Å². The topological polar surface area (TPSA) is 51.2 Å². The maximum atomic E-state index is 11.5. The molecule has 0 fully saturated rings. The van der Waals surface area contributed by atoms with Crippen LogP contribution in [-0.2, 0) is 11.2 Å². The number of aryl methyl sites for hydroxylation is 1. The van der Waals surface area contributed by atoms with Crippen LogP contribution in [0.1, 0.15) is 17.5 Å². The molecule has 1 aliphatic heterocycles. The van der Waals surface area contributed by atoms with Crippen LogP contribution < -0.4 is 10.1 Å². The molecule has 4 heteroatoms. The highest BCUT2D eigenvalue weighted by molar-refractivity contribution is 5.77. The van der Waals surface area contributed by atoms with Crippen LogP contribution in [0.2, 0.25) is 0 Å². The third-order valence-corrected chi connectivity index (χ3v) is 3.87. The Morgan fingerprint density at radius 2 is 2.30 bits per heavy atom. The Hall–Kier alpha value is -2.62. The minimum absolute atomic E-state index is 0.0139. The van der Waals surface area contributed by atoms with Gasteiger partial charge in [-0.3, -0.25) is 9.78 Å². The molecule has 0 saturated heterocycles. The average molecular weight is 308 g/mol. The van der Waals surface area contributed by atoms with E-state index in [0.29, 0.717) is 13.0 Å². The second-order valence-corrected chi connectivity index (χ2v) is 5.78. The van der Waals surface area contributed by atoms with E-state index >= 15 is 0 Å². The maximum Gasteiger partial charge on any atom is 0.223 e. The van der Waals surface area contributed by atoms with E-state index < -0.39 is 0 Å². The van der Waals surface area contributed by atoms with Crippen molar-refractivity contribution in [2.24, 2.45) is 0 Å². The van der Waals surface area contributed by atoms with Crippen molar-refractivity contribution in [3.63, 3.8) is 0 Å². The van der Waals surface area contributed by atoms with Gasteiger partial charge in [0.05, 0.1) is 12.2 Å². The number of nitrogens with one attached hydrogen (secondary N) is 1. The zero-order valence-corrected chi connectivity index (χ0v) is 13.2. The number of carbonyl (C=O) groups is 1. The molecule has 1 aliphatic rings. The summed E-state index contributed by atoms with van der Waals surface area (Å²) in [5.74, 6) is 0.868. The van der Waals surface area contributed by atoms with Crippen molar-refractivity contribution < 1.29 is 9.53 Å². The van der Waals surface area contributed by atoms with Crippen molar-refractivity contribution in [1.29, 1.82) is 0 Å². The lowest BCUT2D eigenvalue weighted by Gasteiger charge is -2.11. The van der Waals surface area contributed by atoms with Gasteiger partial charge in [0.25, 0.3) is 0 Å². The lowest BCUT2D eigenvalue weighted by molar-refractivity contribution is -0.120. The second-order valence-electron chi connectivity index (χ2n) is 5.78. The van der Waals surface area contributed by atoms with E-state index in [-0.39, 0.29) is 12.0 Å². The van der Waals surface area contributed by atoms with E-state index in [9.17, 15) is 4.79 Å².